The van der Waals surface area contributed by atoms with Crippen molar-refractivity contribution in [1.82, 2.24) is 15.1 Å². The molecule has 114 valence electrons. The standard InChI is InChI=1S/C16H29N3O/c1-18-9-3-13(4-10-18)12-19(2)15(20)14-11-16(14)5-7-17-8-6-16/h13-14,17H,3-12H2,1-2H3. The number of hydrogen-bond acceptors (Lipinski definition) is 3. The maximum atomic E-state index is 12.6. The van der Waals surface area contributed by atoms with E-state index >= 15 is 0 Å². The zero-order chi connectivity index (χ0) is 14.2. The van der Waals surface area contributed by atoms with Gasteiger partial charge in [0.2, 0.25) is 5.91 Å². The predicted molar refractivity (Wildman–Crippen MR) is 80.5 cm³/mol. The van der Waals surface area contributed by atoms with E-state index < -0.39 is 0 Å². The molecule has 1 amide bonds. The summed E-state index contributed by atoms with van der Waals surface area (Å²) in [5.74, 6) is 1.47. The average Bonchev–Trinajstić information content (AvgIpc) is 3.14. The van der Waals surface area contributed by atoms with Gasteiger partial charge in [0.15, 0.2) is 0 Å². The molecule has 0 aromatic heterocycles. The summed E-state index contributed by atoms with van der Waals surface area (Å²) in [7, 11) is 4.21. The zero-order valence-corrected chi connectivity index (χ0v) is 13.0. The molecular weight excluding hydrogens is 250 g/mol. The van der Waals surface area contributed by atoms with Gasteiger partial charge in [0.25, 0.3) is 0 Å². The summed E-state index contributed by atoms with van der Waals surface area (Å²) < 4.78 is 0. The Kier molecular flexibility index (Phi) is 4.04. The summed E-state index contributed by atoms with van der Waals surface area (Å²) in [6.45, 7) is 5.54. The summed E-state index contributed by atoms with van der Waals surface area (Å²) in [5, 5.41) is 3.41. The molecule has 1 aliphatic carbocycles. The molecule has 0 aromatic carbocycles. The third-order valence-electron chi connectivity index (χ3n) is 5.83. The number of nitrogens with one attached hydrogen (secondary N) is 1. The third kappa shape index (κ3) is 2.86. The van der Waals surface area contributed by atoms with Crippen LogP contribution in [0.2, 0.25) is 0 Å². The lowest BCUT2D eigenvalue weighted by atomic mass is 9.91. The molecule has 20 heavy (non-hydrogen) atoms. The quantitative estimate of drug-likeness (QED) is 0.842. The van der Waals surface area contributed by atoms with E-state index in [-0.39, 0.29) is 0 Å². The number of likely N-dealkylation sites (tertiary alicyclic amines) is 1. The molecule has 1 spiro atoms. The van der Waals surface area contributed by atoms with Crippen LogP contribution in [0.25, 0.3) is 0 Å². The first-order chi connectivity index (χ1) is 9.61. The largest absolute Gasteiger partial charge is 0.345 e. The summed E-state index contributed by atoms with van der Waals surface area (Å²) in [6.07, 6.45) is 6.03. The SMILES string of the molecule is CN1CCC(CN(C)C(=O)C2CC23CCNCC3)CC1. The first kappa shape index (κ1) is 14.3. The highest BCUT2D eigenvalue weighted by molar-refractivity contribution is 5.82. The fraction of sp³-hybridized carbons (Fsp3) is 0.938. The highest BCUT2D eigenvalue weighted by Gasteiger charge is 2.58. The van der Waals surface area contributed by atoms with Crippen LogP contribution < -0.4 is 5.32 Å². The first-order valence-electron chi connectivity index (χ1n) is 8.25. The normalized spacial score (nSPS) is 30.4. The molecule has 2 heterocycles. The summed E-state index contributed by atoms with van der Waals surface area (Å²) in [4.78, 5) is 17.0. The molecule has 2 saturated heterocycles. The molecule has 1 saturated carbocycles. The molecule has 1 atom stereocenters. The Bertz CT molecular complexity index is 357. The molecule has 3 aliphatic rings. The number of nitrogens with zero attached hydrogens (tertiary/aromatic N) is 2. The summed E-state index contributed by atoms with van der Waals surface area (Å²) in [6, 6.07) is 0. The van der Waals surface area contributed by atoms with E-state index in [2.05, 4.69) is 17.3 Å². The Morgan fingerprint density at radius 2 is 1.95 bits per heavy atom. The lowest BCUT2D eigenvalue weighted by Gasteiger charge is -2.32. The van der Waals surface area contributed by atoms with E-state index in [1.807, 2.05) is 11.9 Å². The second-order valence-electron chi connectivity index (χ2n) is 7.33. The Labute approximate surface area is 122 Å². The molecule has 1 unspecified atom stereocenters. The number of hydrogen-bond donors (Lipinski definition) is 1. The van der Waals surface area contributed by atoms with Crippen LogP contribution in [-0.2, 0) is 4.79 Å². The molecule has 4 heteroatoms. The van der Waals surface area contributed by atoms with Gasteiger partial charge in [0.05, 0.1) is 0 Å². The van der Waals surface area contributed by atoms with Gasteiger partial charge in [-0.3, -0.25) is 4.79 Å². The second kappa shape index (κ2) is 5.64. The van der Waals surface area contributed by atoms with Crippen molar-refractivity contribution in [1.29, 1.82) is 0 Å². The lowest BCUT2D eigenvalue weighted by Crippen LogP contribution is -2.39. The van der Waals surface area contributed by atoms with Crippen molar-refractivity contribution in [2.75, 3.05) is 46.8 Å². The van der Waals surface area contributed by atoms with Crippen molar-refractivity contribution in [3.63, 3.8) is 0 Å². The van der Waals surface area contributed by atoms with Crippen LogP contribution in [0.5, 0.6) is 0 Å². The molecule has 0 aromatic rings. The van der Waals surface area contributed by atoms with E-state index in [1.54, 1.807) is 0 Å². The van der Waals surface area contributed by atoms with Crippen molar-refractivity contribution < 1.29 is 4.79 Å². The fourth-order valence-electron chi connectivity index (χ4n) is 4.16. The van der Waals surface area contributed by atoms with E-state index in [0.29, 0.717) is 23.2 Å². The van der Waals surface area contributed by atoms with Gasteiger partial charge in [-0.2, -0.15) is 0 Å². The maximum Gasteiger partial charge on any atom is 0.226 e. The van der Waals surface area contributed by atoms with Crippen molar-refractivity contribution in [3.8, 4) is 0 Å². The number of carbonyl (C=O) groups is 1. The van der Waals surface area contributed by atoms with Gasteiger partial charge in [0.1, 0.15) is 0 Å². The third-order valence-corrected chi connectivity index (χ3v) is 5.83. The van der Waals surface area contributed by atoms with Gasteiger partial charge < -0.3 is 15.1 Å². The molecule has 1 N–H and O–H groups in total. The smallest absolute Gasteiger partial charge is 0.226 e. The van der Waals surface area contributed by atoms with Gasteiger partial charge in [0, 0.05) is 19.5 Å². The minimum Gasteiger partial charge on any atom is -0.345 e. The maximum absolute atomic E-state index is 12.6. The van der Waals surface area contributed by atoms with E-state index in [4.69, 9.17) is 0 Å². The Morgan fingerprint density at radius 3 is 2.60 bits per heavy atom. The van der Waals surface area contributed by atoms with E-state index in [1.165, 1.54) is 38.8 Å². The summed E-state index contributed by atoms with van der Waals surface area (Å²) >= 11 is 0. The van der Waals surface area contributed by atoms with Gasteiger partial charge >= 0.3 is 0 Å². The summed E-state index contributed by atoms with van der Waals surface area (Å²) in [5.41, 5.74) is 0.378. The molecule has 3 fully saturated rings. The molecule has 0 radical (unpaired) electrons. The topological polar surface area (TPSA) is 35.6 Å². The average molecular weight is 279 g/mol. The van der Waals surface area contributed by atoms with Crippen LogP contribution in [0, 0.1) is 17.3 Å². The Balaban J connectivity index is 1.48. The zero-order valence-electron chi connectivity index (χ0n) is 13.0. The van der Waals surface area contributed by atoms with Crippen LogP contribution >= 0.6 is 0 Å². The number of piperidine rings is 2. The Morgan fingerprint density at radius 1 is 1.30 bits per heavy atom. The minimum atomic E-state index is 0.334. The van der Waals surface area contributed by atoms with E-state index in [0.717, 1.165) is 26.1 Å². The van der Waals surface area contributed by atoms with Crippen molar-refractivity contribution in [2.24, 2.45) is 17.3 Å². The molecule has 3 rings (SSSR count). The van der Waals surface area contributed by atoms with Gasteiger partial charge in [-0.25, -0.2) is 0 Å². The van der Waals surface area contributed by atoms with Gasteiger partial charge in [-0.1, -0.05) is 0 Å². The minimum absolute atomic E-state index is 0.334. The molecular formula is C16H29N3O. The monoisotopic (exact) mass is 279 g/mol. The van der Waals surface area contributed by atoms with Crippen LogP contribution in [0.4, 0.5) is 0 Å². The number of rotatable bonds is 3. The number of carbonyl (C=O) groups excluding carboxylic acids is 1. The van der Waals surface area contributed by atoms with Gasteiger partial charge in [-0.05, 0) is 76.7 Å². The molecule has 2 aliphatic heterocycles. The predicted octanol–water partition coefficient (Wildman–Crippen LogP) is 1.18. The highest BCUT2D eigenvalue weighted by Crippen LogP contribution is 2.59. The van der Waals surface area contributed by atoms with Crippen molar-refractivity contribution in [2.45, 2.75) is 32.1 Å². The first-order valence-corrected chi connectivity index (χ1v) is 8.25. The number of amides is 1. The highest BCUT2D eigenvalue weighted by atomic mass is 16.2. The van der Waals surface area contributed by atoms with E-state index in [9.17, 15) is 4.79 Å². The second-order valence-corrected chi connectivity index (χ2v) is 7.33. The van der Waals surface area contributed by atoms with Crippen molar-refractivity contribution >= 4 is 5.91 Å². The molecule has 0 bridgehead atoms. The Hall–Kier alpha value is -0.610. The van der Waals surface area contributed by atoms with Crippen LogP contribution in [-0.4, -0.2) is 62.5 Å². The van der Waals surface area contributed by atoms with Crippen LogP contribution in [0.1, 0.15) is 32.1 Å². The fourth-order valence-corrected chi connectivity index (χ4v) is 4.16. The van der Waals surface area contributed by atoms with Crippen LogP contribution in [0.15, 0.2) is 0 Å². The molecule has 4 nitrogen and oxygen atoms in total. The van der Waals surface area contributed by atoms with Crippen LogP contribution in [0.3, 0.4) is 0 Å². The van der Waals surface area contributed by atoms with Crippen molar-refractivity contribution in [3.05, 3.63) is 0 Å². The lowest BCUT2D eigenvalue weighted by molar-refractivity contribution is -0.133. The van der Waals surface area contributed by atoms with Gasteiger partial charge in [-0.15, -0.1) is 0 Å².